The van der Waals surface area contributed by atoms with Crippen LogP contribution in [0.4, 0.5) is 0 Å². The second kappa shape index (κ2) is 79.6. The first-order chi connectivity index (χ1) is 66.8. The third-order valence-corrected chi connectivity index (χ3v) is 23.4. The third kappa shape index (κ3) is 59.7. The van der Waals surface area contributed by atoms with Gasteiger partial charge < -0.3 is 116 Å². The summed E-state index contributed by atoms with van der Waals surface area (Å²) in [7, 11) is -0.438. The molecule has 0 bridgehead atoms. The summed E-state index contributed by atoms with van der Waals surface area (Å²) in [5.41, 5.74) is 20.5. The summed E-state index contributed by atoms with van der Waals surface area (Å²) < 4.78 is 81.9. The molecule has 0 saturated carbocycles. The van der Waals surface area contributed by atoms with E-state index in [-0.39, 0.29) is 281 Å². The van der Waals surface area contributed by atoms with E-state index >= 15 is 0 Å². The van der Waals surface area contributed by atoms with Gasteiger partial charge in [0.15, 0.2) is 5.79 Å². The van der Waals surface area contributed by atoms with E-state index < -0.39 is 33.3 Å². The summed E-state index contributed by atoms with van der Waals surface area (Å²) in [6.07, 6.45) is 6.40. The number of aliphatic hydroxyl groups excluding tert-OH is 4. The summed E-state index contributed by atoms with van der Waals surface area (Å²) in [4.78, 5) is 22.5. The number of methoxy groups -OCH3 is 2. The fourth-order valence-corrected chi connectivity index (χ4v) is 13.9. The zero-order chi connectivity index (χ0) is 107. The average Bonchev–Trinajstić information content (AvgIpc) is 1.38. The minimum Gasteiger partial charge on any atom is -1.00 e. The number of halogens is 1. The molecule has 3 heterocycles. The number of alkyl halides is 1. The molecule has 0 amide bonds. The predicted molar refractivity (Wildman–Crippen MR) is 569 cm³/mol. The van der Waals surface area contributed by atoms with Gasteiger partial charge in [0.05, 0.1) is 52.5 Å². The molecule has 0 aliphatic carbocycles. The number of aromatic hydroxyl groups is 5. The van der Waals surface area contributed by atoms with Gasteiger partial charge in [0.1, 0.15) is 70.7 Å². The van der Waals surface area contributed by atoms with Crippen LogP contribution in [-0.4, -0.2) is 115 Å². The third-order valence-electron chi connectivity index (χ3n) is 22.8. The van der Waals surface area contributed by atoms with Gasteiger partial charge in [-0.25, -0.2) is 0 Å². The molecular weight excluding hydrogens is 2090 g/mol. The summed E-state index contributed by atoms with van der Waals surface area (Å²) in [5, 5.41) is 100. The SMILES string of the molecule is C.C.CCC(C)c1ccc(O)cc1.CCC(C)c1ccc(O)cc1.CCC(C)c1ccc(O)cc1.CCC(C)c1ccc(OCc2cc(C)cc(CO)c2O)cc1.CCC(C)c1ccc(OCc2cc(C)cc3c2OC(C)(C)OC3)cc1.COC(C)(C)OC.CS(=O)(=O)O.Cc1cc(CBr)c2c(c1)COC(C)(C)O2.Cc1cc(CO)c(O)c(CO)c1.Cc1cc(CO)c2c(c1)COC(C)(C)O2.O=CO[O-].O=CO[O-].[H-].[H-].[K+].[K+].[K+].[K+]. The van der Waals surface area contributed by atoms with Crippen molar-refractivity contribution in [2.24, 2.45) is 0 Å². The van der Waals surface area contributed by atoms with Crippen molar-refractivity contribution in [1.29, 1.82) is 0 Å². The van der Waals surface area contributed by atoms with Crippen LogP contribution >= 0.6 is 15.9 Å². The van der Waals surface area contributed by atoms with Gasteiger partial charge in [0.2, 0.25) is 17.4 Å². The van der Waals surface area contributed by atoms with Crippen LogP contribution in [0.25, 0.3) is 0 Å². The van der Waals surface area contributed by atoms with E-state index in [1.807, 2.05) is 143 Å². The monoisotopic (exact) mass is 2250 g/mol. The number of benzene rings is 10. The van der Waals surface area contributed by atoms with Crippen molar-refractivity contribution < 1.29 is 345 Å². The molecular formula is C114H165BrK4O28S. The topological polar surface area (TPSA) is 427 Å². The number of fused-ring (bicyclic) bond motifs is 3. The Bertz CT molecular complexity index is 5180. The number of carbonyl (C=O) groups excluding carboxylic acids is 2. The van der Waals surface area contributed by atoms with Crippen LogP contribution in [0, 0.1) is 34.6 Å². The van der Waals surface area contributed by atoms with Gasteiger partial charge in [-0.05, 0) is 211 Å². The molecule has 0 radical (unpaired) electrons. The second-order valence-electron chi connectivity index (χ2n) is 36.2. The largest absolute Gasteiger partial charge is 1.00 e. The number of aryl methyl sites for hydroxylation is 5. The van der Waals surface area contributed by atoms with Crippen molar-refractivity contribution in [2.75, 3.05) is 20.5 Å². The number of aliphatic hydroxyl groups is 4. The fourth-order valence-electron chi connectivity index (χ4n) is 13.5. The van der Waals surface area contributed by atoms with E-state index in [4.69, 9.17) is 97.6 Å². The van der Waals surface area contributed by atoms with Crippen LogP contribution in [0.1, 0.15) is 315 Å². The molecule has 0 aromatic heterocycles. The second-order valence-corrected chi connectivity index (χ2v) is 38.2. The normalized spacial score (nSPS) is 13.3. The Morgan fingerprint density at radius 1 is 0.392 bits per heavy atom. The molecule has 0 spiro atoms. The van der Waals surface area contributed by atoms with Crippen LogP contribution < -0.4 is 240 Å². The first kappa shape index (κ1) is 152. The molecule has 10 aromatic carbocycles. The van der Waals surface area contributed by atoms with Gasteiger partial charge >= 0.3 is 206 Å². The molecule has 806 valence electrons. The van der Waals surface area contributed by atoms with Crippen LogP contribution in [0.15, 0.2) is 182 Å². The molecule has 5 atom stereocenters. The minimum atomic E-state index is -3.67. The van der Waals surface area contributed by atoms with Gasteiger partial charge in [-0.15, -0.1) is 0 Å². The first-order valence-corrected chi connectivity index (χ1v) is 50.1. The molecule has 0 fully saturated rings. The number of rotatable bonds is 25. The van der Waals surface area contributed by atoms with E-state index in [1.165, 1.54) is 44.5 Å². The summed E-state index contributed by atoms with van der Waals surface area (Å²) >= 11 is 3.49. The van der Waals surface area contributed by atoms with Gasteiger partial charge in [-0.1, -0.05) is 237 Å². The van der Waals surface area contributed by atoms with Crippen molar-refractivity contribution in [3.05, 3.63) is 293 Å². The minimum absolute atomic E-state index is 0. The Hall–Kier alpha value is -4.36. The molecule has 34 heteroatoms. The summed E-state index contributed by atoms with van der Waals surface area (Å²) in [6.45, 7) is 48.6. The zero-order valence-corrected chi connectivity index (χ0v) is 106. The maximum atomic E-state index is 10.1. The number of hydrogen-bond acceptors (Lipinski definition) is 27. The van der Waals surface area contributed by atoms with Crippen LogP contribution in [0.5, 0.6) is 57.5 Å². The Morgan fingerprint density at radius 3 is 0.824 bits per heavy atom. The van der Waals surface area contributed by atoms with E-state index in [0.717, 1.165) is 111 Å². The first-order valence-electron chi connectivity index (χ1n) is 47.1. The van der Waals surface area contributed by atoms with Crippen LogP contribution in [-0.2, 0) is 118 Å². The van der Waals surface area contributed by atoms with Gasteiger partial charge in [0, 0.05) is 117 Å². The van der Waals surface area contributed by atoms with Gasteiger partial charge in [-0.3, -0.25) is 14.1 Å². The van der Waals surface area contributed by atoms with Gasteiger partial charge in [-0.2, -0.15) is 8.42 Å². The van der Waals surface area contributed by atoms with E-state index in [9.17, 15) is 28.8 Å². The predicted octanol–water partition coefficient (Wildman–Crippen LogP) is 12.0. The maximum absolute atomic E-state index is 10.1. The summed E-state index contributed by atoms with van der Waals surface area (Å²) in [5.74, 6) is 6.22. The van der Waals surface area contributed by atoms with Crippen LogP contribution in [0.2, 0.25) is 0 Å². The number of phenolic OH excluding ortho intramolecular Hbond substituents is 3. The van der Waals surface area contributed by atoms with Crippen molar-refractivity contribution >= 4 is 39.0 Å². The molecule has 0 saturated heterocycles. The van der Waals surface area contributed by atoms with Crippen molar-refractivity contribution in [2.45, 2.75) is 324 Å². The smallest absolute Gasteiger partial charge is 1.00 e. The van der Waals surface area contributed by atoms with Crippen LogP contribution in [0.3, 0.4) is 0 Å². The molecule has 3 aliphatic heterocycles. The maximum Gasteiger partial charge on any atom is 1.00 e. The average molecular weight is 2250 g/mol. The molecule has 28 nitrogen and oxygen atoms in total. The van der Waals surface area contributed by atoms with Crippen molar-refractivity contribution in [3.8, 4) is 57.5 Å². The molecule has 10 aromatic rings. The number of ether oxygens (including phenoxy) is 10. The van der Waals surface area contributed by atoms with Crippen molar-refractivity contribution in [3.63, 3.8) is 0 Å². The number of hydrogen-bond donors (Lipinski definition) is 10. The van der Waals surface area contributed by atoms with Crippen molar-refractivity contribution in [1.82, 2.24) is 0 Å². The molecule has 10 N–H and O–H groups in total. The molecule has 13 rings (SSSR count). The number of carbonyl (C=O) groups is 2. The van der Waals surface area contributed by atoms with E-state index in [2.05, 4.69) is 169 Å². The molecule has 5 unspecified atom stereocenters. The van der Waals surface area contributed by atoms with E-state index in [1.54, 1.807) is 68.8 Å². The van der Waals surface area contributed by atoms with E-state index in [0.29, 0.717) is 102 Å². The Morgan fingerprint density at radius 2 is 0.595 bits per heavy atom. The molecule has 148 heavy (non-hydrogen) atoms. The summed E-state index contributed by atoms with van der Waals surface area (Å²) in [6, 6.07) is 58.3. The standard InChI is InChI=1S/C22H28O3.C19H24O3.C12H15BrO2.C12H16O3.3C10H14O.C9H12O3.C5H12O2.CH4O3S.2CH2O3.2CH4.4K.2H/c1-6-16(3)17-7-9-20(10-8-17)23-13-18-11-15(2)12-19-14-24-22(4,5)25-21(18)19;1-4-14(3)15-5-7-18(8-6-15)22-12-17-10-13(2)9-16(11-20)19(17)21;2*1-8-4-9(6-13)11-10(5-8)7-14-12(2,3)15-11;3*1-3-8(2)9-4-6-10(11)7-5-9;1-6-2-7(4-10)9(12)8(3-6)5-11;1-5(2,6-3)7-4;1-5(2,3)4;2*2-1-4-3;;;;;;;;/h7-12,16H,6,13-14H2,1-5H3;5-10,14,20-21H,4,11-12H2,1-3H3;4-5H,6-7H2,1-3H3;4-5,13H,6-7H2,1-3H3;3*4-8,11H,3H2,1-2H3;2-3,10-12H,4-5H2,1H3;1-4H3;1H3,(H,2,3,4);2*1,3H;2*1H4;;;;;;/q;;;;;;;;;;;;;;4*+1;2*-1/p-2. The fraction of sp³-hybridized carbons (Fsp3) is 0.456. The van der Waals surface area contributed by atoms with Gasteiger partial charge in [0.25, 0.3) is 23.1 Å². The Kier molecular flexibility index (Phi) is 81.7. The molecule has 3 aliphatic rings. The Labute approximate surface area is 1060 Å². The Balaban J connectivity index is -0.000000305. The number of phenols is 5. The zero-order valence-electron chi connectivity index (χ0n) is 93.6. The quantitative estimate of drug-likeness (QED) is 0.00483.